The van der Waals surface area contributed by atoms with Crippen LogP contribution in [0.1, 0.15) is 12.6 Å². The molecule has 2 aromatic rings. The molecular weight excluding hydrogens is 164 g/mol. The van der Waals surface area contributed by atoms with Gasteiger partial charge in [0.2, 0.25) is 5.56 Å². The van der Waals surface area contributed by atoms with Gasteiger partial charge in [0.25, 0.3) is 0 Å². The lowest BCUT2D eigenvalue weighted by molar-refractivity contribution is 1.04. The Kier molecular flexibility index (Phi) is 1.85. The van der Waals surface area contributed by atoms with Crippen molar-refractivity contribution in [2.45, 2.75) is 13.3 Å². The van der Waals surface area contributed by atoms with Crippen LogP contribution >= 0.6 is 0 Å². The first-order valence-corrected chi connectivity index (χ1v) is 4.27. The van der Waals surface area contributed by atoms with Gasteiger partial charge in [-0.15, -0.1) is 0 Å². The van der Waals surface area contributed by atoms with Gasteiger partial charge in [-0.25, -0.2) is 0 Å². The number of nitrogens with one attached hydrogen (secondary N) is 1. The van der Waals surface area contributed by atoms with Crippen LogP contribution in [-0.2, 0) is 6.42 Å². The first-order valence-electron chi connectivity index (χ1n) is 4.27. The van der Waals surface area contributed by atoms with E-state index in [-0.39, 0.29) is 5.56 Å². The molecule has 0 spiro atoms. The van der Waals surface area contributed by atoms with Gasteiger partial charge in [0.1, 0.15) is 0 Å². The van der Waals surface area contributed by atoms with E-state index in [9.17, 15) is 4.79 Å². The minimum atomic E-state index is -0.0687. The van der Waals surface area contributed by atoms with Crippen molar-refractivity contribution in [3.05, 3.63) is 40.4 Å². The van der Waals surface area contributed by atoms with Crippen molar-refractivity contribution in [1.29, 1.82) is 0 Å². The molecule has 0 amide bonds. The summed E-state index contributed by atoms with van der Waals surface area (Å²) in [5.41, 5.74) is 1.79. The van der Waals surface area contributed by atoms with Gasteiger partial charge in [0, 0.05) is 23.3 Å². The summed E-state index contributed by atoms with van der Waals surface area (Å²) in [6.45, 7) is 2.04. The van der Waals surface area contributed by atoms with Crippen molar-refractivity contribution in [3.8, 4) is 0 Å². The number of aromatic nitrogens is 2. The number of aryl methyl sites for hydroxylation is 1. The minimum Gasteiger partial charge on any atom is -0.322 e. The highest BCUT2D eigenvalue weighted by Gasteiger charge is 1.96. The van der Waals surface area contributed by atoms with Gasteiger partial charge >= 0.3 is 0 Å². The molecule has 2 rings (SSSR count). The van der Waals surface area contributed by atoms with E-state index in [0.29, 0.717) is 0 Å². The number of hydrogen-bond donors (Lipinski definition) is 1. The Hall–Kier alpha value is -1.64. The monoisotopic (exact) mass is 174 g/mol. The third kappa shape index (κ3) is 1.45. The molecule has 3 heteroatoms. The van der Waals surface area contributed by atoms with E-state index in [2.05, 4.69) is 9.97 Å². The molecular formula is C10H10N2O. The third-order valence-electron chi connectivity index (χ3n) is 2.03. The second-order valence-electron chi connectivity index (χ2n) is 2.94. The summed E-state index contributed by atoms with van der Waals surface area (Å²) >= 11 is 0. The Morgan fingerprint density at radius 2 is 2.31 bits per heavy atom. The molecule has 0 radical (unpaired) electrons. The summed E-state index contributed by atoms with van der Waals surface area (Å²) in [7, 11) is 0. The average Bonchev–Trinajstić information content (AvgIpc) is 2.16. The molecule has 0 aliphatic heterocycles. The molecule has 2 heterocycles. The molecule has 66 valence electrons. The Morgan fingerprint density at radius 3 is 3.08 bits per heavy atom. The Bertz CT molecular complexity index is 487. The number of rotatable bonds is 1. The van der Waals surface area contributed by atoms with Crippen LogP contribution in [0.5, 0.6) is 0 Å². The highest BCUT2D eigenvalue weighted by Crippen LogP contribution is 2.08. The quantitative estimate of drug-likeness (QED) is 0.711. The van der Waals surface area contributed by atoms with Crippen molar-refractivity contribution in [3.63, 3.8) is 0 Å². The first-order chi connectivity index (χ1) is 6.29. The summed E-state index contributed by atoms with van der Waals surface area (Å²) in [4.78, 5) is 18.0. The molecule has 0 aromatic carbocycles. The summed E-state index contributed by atoms with van der Waals surface area (Å²) in [5.74, 6) is 0. The molecule has 2 aromatic heterocycles. The number of H-pyrrole nitrogens is 1. The van der Waals surface area contributed by atoms with Gasteiger partial charge < -0.3 is 4.98 Å². The smallest absolute Gasteiger partial charge is 0.248 e. The number of fused-ring (bicyclic) bond motifs is 1. The third-order valence-corrected chi connectivity index (χ3v) is 2.03. The van der Waals surface area contributed by atoms with Gasteiger partial charge in [0.05, 0.1) is 5.52 Å². The number of nitrogens with zero attached hydrogens (tertiary/aromatic N) is 1. The van der Waals surface area contributed by atoms with Crippen molar-refractivity contribution < 1.29 is 0 Å². The topological polar surface area (TPSA) is 45.8 Å². The Balaban J connectivity index is 2.75. The molecule has 0 saturated heterocycles. The fourth-order valence-electron chi connectivity index (χ4n) is 1.28. The van der Waals surface area contributed by atoms with E-state index >= 15 is 0 Å². The normalized spacial score (nSPS) is 10.5. The maximum absolute atomic E-state index is 11.0. The van der Waals surface area contributed by atoms with E-state index < -0.39 is 0 Å². The zero-order valence-electron chi connectivity index (χ0n) is 7.37. The summed E-state index contributed by atoms with van der Waals surface area (Å²) < 4.78 is 0. The standard InChI is InChI=1S/C10H10N2O/c1-2-8-5-9-7(6-11-8)3-4-10(13)12-9/h3-6H,2H2,1H3,(H,12,13). The SMILES string of the molecule is CCc1cc2[nH]c(=O)ccc2cn1. The lowest BCUT2D eigenvalue weighted by Crippen LogP contribution is -2.02. The van der Waals surface area contributed by atoms with Gasteiger partial charge in [-0.1, -0.05) is 6.92 Å². The molecule has 0 atom stereocenters. The Morgan fingerprint density at radius 1 is 1.46 bits per heavy atom. The van der Waals surface area contributed by atoms with Crippen LogP contribution in [0.2, 0.25) is 0 Å². The molecule has 3 nitrogen and oxygen atoms in total. The molecule has 0 unspecified atom stereocenters. The van der Waals surface area contributed by atoms with Crippen LogP contribution < -0.4 is 5.56 Å². The maximum Gasteiger partial charge on any atom is 0.248 e. The van der Waals surface area contributed by atoms with Crippen molar-refractivity contribution in [2.24, 2.45) is 0 Å². The highest BCUT2D eigenvalue weighted by molar-refractivity contribution is 5.77. The largest absolute Gasteiger partial charge is 0.322 e. The lowest BCUT2D eigenvalue weighted by Gasteiger charge is -1.98. The molecule has 1 N–H and O–H groups in total. The highest BCUT2D eigenvalue weighted by atomic mass is 16.1. The van der Waals surface area contributed by atoms with Crippen LogP contribution in [0.15, 0.2) is 29.2 Å². The second kappa shape index (κ2) is 3.01. The summed E-state index contributed by atoms with van der Waals surface area (Å²) in [6.07, 6.45) is 2.66. The van der Waals surface area contributed by atoms with Gasteiger partial charge in [-0.2, -0.15) is 0 Å². The lowest BCUT2D eigenvalue weighted by atomic mass is 10.2. The van der Waals surface area contributed by atoms with Gasteiger partial charge in [-0.3, -0.25) is 9.78 Å². The molecule has 0 saturated carbocycles. The fourth-order valence-corrected chi connectivity index (χ4v) is 1.28. The maximum atomic E-state index is 11.0. The van der Waals surface area contributed by atoms with Gasteiger partial charge in [0.15, 0.2) is 0 Å². The van der Waals surface area contributed by atoms with Crippen LogP contribution in [0, 0.1) is 0 Å². The Labute approximate surface area is 75.4 Å². The van der Waals surface area contributed by atoms with Gasteiger partial charge in [-0.05, 0) is 18.6 Å². The number of pyridine rings is 2. The first kappa shape index (κ1) is 7.98. The van der Waals surface area contributed by atoms with E-state index in [1.165, 1.54) is 6.07 Å². The van der Waals surface area contributed by atoms with Crippen molar-refractivity contribution in [2.75, 3.05) is 0 Å². The van der Waals surface area contributed by atoms with Crippen LogP contribution in [0.25, 0.3) is 10.9 Å². The average molecular weight is 174 g/mol. The van der Waals surface area contributed by atoms with Crippen LogP contribution in [0.4, 0.5) is 0 Å². The number of aromatic amines is 1. The van der Waals surface area contributed by atoms with E-state index in [1.54, 1.807) is 12.3 Å². The summed E-state index contributed by atoms with van der Waals surface area (Å²) in [5, 5.41) is 0.969. The van der Waals surface area contributed by atoms with Crippen LogP contribution in [-0.4, -0.2) is 9.97 Å². The summed E-state index contributed by atoms with van der Waals surface area (Å²) in [6, 6.07) is 5.20. The van der Waals surface area contributed by atoms with Crippen molar-refractivity contribution >= 4 is 10.9 Å². The zero-order chi connectivity index (χ0) is 9.26. The number of hydrogen-bond acceptors (Lipinski definition) is 2. The van der Waals surface area contributed by atoms with Crippen LogP contribution in [0.3, 0.4) is 0 Å². The molecule has 0 bridgehead atoms. The molecule has 0 fully saturated rings. The second-order valence-corrected chi connectivity index (χ2v) is 2.94. The fraction of sp³-hybridized carbons (Fsp3) is 0.200. The molecule has 0 aliphatic rings. The van der Waals surface area contributed by atoms with E-state index in [1.807, 2.05) is 13.0 Å². The molecule has 0 aliphatic carbocycles. The zero-order valence-corrected chi connectivity index (χ0v) is 7.37. The molecule has 13 heavy (non-hydrogen) atoms. The minimum absolute atomic E-state index is 0.0687. The predicted octanol–water partition coefficient (Wildman–Crippen LogP) is 1.49. The van der Waals surface area contributed by atoms with Crippen molar-refractivity contribution in [1.82, 2.24) is 9.97 Å². The van der Waals surface area contributed by atoms with E-state index in [4.69, 9.17) is 0 Å². The predicted molar refractivity (Wildman–Crippen MR) is 51.7 cm³/mol. The van der Waals surface area contributed by atoms with E-state index in [0.717, 1.165) is 23.0 Å².